The van der Waals surface area contributed by atoms with Crippen LogP contribution in [0.3, 0.4) is 0 Å². The van der Waals surface area contributed by atoms with Gasteiger partial charge in [0.15, 0.2) is 11.4 Å². The highest BCUT2D eigenvalue weighted by Crippen LogP contribution is 2.27. The molecule has 2 aromatic rings. The van der Waals surface area contributed by atoms with Crippen molar-refractivity contribution in [3.63, 3.8) is 0 Å². The van der Waals surface area contributed by atoms with E-state index in [4.69, 9.17) is 15.3 Å². The van der Waals surface area contributed by atoms with Gasteiger partial charge < -0.3 is 14.6 Å². The number of hydrazine groups is 1. The first-order valence-corrected chi connectivity index (χ1v) is 6.08. The summed E-state index contributed by atoms with van der Waals surface area (Å²) in [4.78, 5) is 23.6. The molecular formula is C13H14N4O5. The number of aromatic hydroxyl groups is 1. The second-order valence-corrected chi connectivity index (χ2v) is 4.14. The van der Waals surface area contributed by atoms with Gasteiger partial charge in [0.25, 0.3) is 11.5 Å². The fourth-order valence-corrected chi connectivity index (χ4v) is 1.81. The molecule has 0 saturated heterocycles. The molecule has 0 spiro atoms. The maximum absolute atomic E-state index is 12.0. The number of amides is 1. The van der Waals surface area contributed by atoms with Crippen molar-refractivity contribution in [3.05, 3.63) is 40.3 Å². The molecule has 0 radical (unpaired) electrons. The van der Waals surface area contributed by atoms with E-state index >= 15 is 0 Å². The number of carbonyl (C=O) groups excluding carboxylic acids is 1. The van der Waals surface area contributed by atoms with Crippen LogP contribution >= 0.6 is 0 Å². The summed E-state index contributed by atoms with van der Waals surface area (Å²) in [6.07, 6.45) is 0. The van der Waals surface area contributed by atoms with Gasteiger partial charge in [0.2, 0.25) is 0 Å². The number of rotatable bonds is 4. The number of benzene rings is 1. The van der Waals surface area contributed by atoms with Crippen molar-refractivity contribution in [2.45, 2.75) is 0 Å². The lowest BCUT2D eigenvalue weighted by molar-refractivity contribution is 0.0943. The Balaban J connectivity index is 2.67. The molecule has 0 aliphatic heterocycles. The van der Waals surface area contributed by atoms with Gasteiger partial charge in [-0.3, -0.25) is 15.0 Å². The number of nitrogens with one attached hydrogen (secondary N) is 1. The van der Waals surface area contributed by atoms with E-state index in [-0.39, 0.29) is 11.4 Å². The molecule has 0 aliphatic carbocycles. The first-order valence-electron chi connectivity index (χ1n) is 6.08. The van der Waals surface area contributed by atoms with Crippen molar-refractivity contribution >= 4 is 5.91 Å². The normalized spacial score (nSPS) is 10.1. The van der Waals surface area contributed by atoms with Gasteiger partial charge in [-0.2, -0.15) is 9.78 Å². The fourth-order valence-electron chi connectivity index (χ4n) is 1.81. The van der Waals surface area contributed by atoms with Crippen LogP contribution in [-0.2, 0) is 0 Å². The topological polar surface area (TPSA) is 129 Å². The summed E-state index contributed by atoms with van der Waals surface area (Å²) in [7, 11) is 2.90. The van der Waals surface area contributed by atoms with Gasteiger partial charge in [0.05, 0.1) is 14.2 Å². The summed E-state index contributed by atoms with van der Waals surface area (Å²) >= 11 is 0. The maximum Gasteiger partial charge on any atom is 0.289 e. The monoisotopic (exact) mass is 306 g/mol. The average molecular weight is 306 g/mol. The second kappa shape index (κ2) is 6.14. The third-order valence-corrected chi connectivity index (χ3v) is 2.87. The first-order chi connectivity index (χ1) is 10.5. The van der Waals surface area contributed by atoms with Crippen LogP contribution in [0, 0.1) is 0 Å². The van der Waals surface area contributed by atoms with E-state index in [9.17, 15) is 14.7 Å². The van der Waals surface area contributed by atoms with E-state index in [0.29, 0.717) is 11.5 Å². The summed E-state index contributed by atoms with van der Waals surface area (Å²) in [5.41, 5.74) is 1.08. The lowest BCUT2D eigenvalue weighted by Gasteiger charge is -2.12. The molecule has 22 heavy (non-hydrogen) atoms. The molecule has 9 nitrogen and oxygen atoms in total. The van der Waals surface area contributed by atoms with Gasteiger partial charge >= 0.3 is 0 Å². The predicted octanol–water partition coefficient (Wildman–Crippen LogP) is -0.441. The lowest BCUT2D eigenvalue weighted by atomic mass is 10.2. The zero-order valence-corrected chi connectivity index (χ0v) is 11.9. The van der Waals surface area contributed by atoms with E-state index < -0.39 is 17.2 Å². The SMILES string of the molecule is COc1ccc(-n2nc(C(=O)NN)c(O)cc2=O)c(OC)c1. The molecule has 1 aromatic carbocycles. The average Bonchev–Trinajstić information content (AvgIpc) is 2.53. The Morgan fingerprint density at radius 1 is 1.32 bits per heavy atom. The maximum atomic E-state index is 12.0. The van der Waals surface area contributed by atoms with Crippen molar-refractivity contribution in [2.24, 2.45) is 5.84 Å². The second-order valence-electron chi connectivity index (χ2n) is 4.14. The summed E-state index contributed by atoms with van der Waals surface area (Å²) in [5, 5.41) is 13.4. The number of nitrogen functional groups attached to an aromatic ring is 1. The Labute approximate surface area is 124 Å². The first kappa shape index (κ1) is 15.3. The molecule has 2 rings (SSSR count). The number of nitrogens with two attached hydrogens (primary N) is 1. The number of hydrogen-bond donors (Lipinski definition) is 3. The smallest absolute Gasteiger partial charge is 0.289 e. The van der Waals surface area contributed by atoms with Crippen molar-refractivity contribution < 1.29 is 19.4 Å². The number of ether oxygens (including phenoxy) is 2. The van der Waals surface area contributed by atoms with Crippen LogP contribution in [0.25, 0.3) is 5.69 Å². The van der Waals surface area contributed by atoms with Crippen molar-refractivity contribution in [1.29, 1.82) is 0 Å². The van der Waals surface area contributed by atoms with Crippen molar-refractivity contribution in [1.82, 2.24) is 15.2 Å². The number of aromatic nitrogens is 2. The van der Waals surface area contributed by atoms with E-state index in [2.05, 4.69) is 5.10 Å². The predicted molar refractivity (Wildman–Crippen MR) is 76.3 cm³/mol. The quantitative estimate of drug-likeness (QED) is 0.396. The standard InChI is InChI=1S/C13H14N4O5/c1-21-7-3-4-8(10(5-7)22-2)17-11(19)6-9(18)12(16-17)13(20)15-14/h3-6,18H,14H2,1-2H3,(H,15,20). The zero-order valence-electron chi connectivity index (χ0n) is 11.9. The Morgan fingerprint density at radius 2 is 2.05 bits per heavy atom. The van der Waals surface area contributed by atoms with E-state index in [1.165, 1.54) is 20.3 Å². The van der Waals surface area contributed by atoms with Gasteiger partial charge in [-0.15, -0.1) is 0 Å². The molecule has 116 valence electrons. The van der Waals surface area contributed by atoms with Crippen LogP contribution < -0.4 is 26.3 Å². The molecule has 9 heteroatoms. The van der Waals surface area contributed by atoms with E-state index in [1.54, 1.807) is 12.1 Å². The van der Waals surface area contributed by atoms with Gasteiger partial charge in [-0.05, 0) is 12.1 Å². The van der Waals surface area contributed by atoms with Gasteiger partial charge in [-0.1, -0.05) is 0 Å². The Bertz CT molecular complexity index is 772. The summed E-state index contributed by atoms with van der Waals surface area (Å²) in [6, 6.07) is 5.55. The minimum Gasteiger partial charge on any atom is -0.505 e. The van der Waals surface area contributed by atoms with Crippen LogP contribution in [0.15, 0.2) is 29.1 Å². The van der Waals surface area contributed by atoms with Crippen LogP contribution in [0.5, 0.6) is 17.2 Å². The molecule has 0 aliphatic rings. The molecule has 0 unspecified atom stereocenters. The molecule has 0 bridgehead atoms. The van der Waals surface area contributed by atoms with Gasteiger partial charge in [0, 0.05) is 12.1 Å². The van der Waals surface area contributed by atoms with E-state index in [1.807, 2.05) is 5.43 Å². The summed E-state index contributed by atoms with van der Waals surface area (Å²) < 4.78 is 11.2. The van der Waals surface area contributed by atoms with E-state index in [0.717, 1.165) is 10.7 Å². The molecule has 1 amide bonds. The molecule has 1 heterocycles. The highest BCUT2D eigenvalue weighted by molar-refractivity contribution is 5.94. The molecular weight excluding hydrogens is 292 g/mol. The fraction of sp³-hybridized carbons (Fsp3) is 0.154. The Morgan fingerprint density at radius 3 is 2.64 bits per heavy atom. The highest BCUT2D eigenvalue weighted by atomic mass is 16.5. The number of methoxy groups -OCH3 is 2. The van der Waals surface area contributed by atoms with Crippen LogP contribution in [0.1, 0.15) is 10.5 Å². The van der Waals surface area contributed by atoms with Crippen LogP contribution in [-0.4, -0.2) is 35.0 Å². The van der Waals surface area contributed by atoms with Crippen LogP contribution in [0.2, 0.25) is 0 Å². The summed E-state index contributed by atoms with van der Waals surface area (Å²) in [5.74, 6) is 4.43. The highest BCUT2D eigenvalue weighted by Gasteiger charge is 2.17. The van der Waals surface area contributed by atoms with Crippen molar-refractivity contribution in [2.75, 3.05) is 14.2 Å². The minimum atomic E-state index is -0.835. The lowest BCUT2D eigenvalue weighted by Crippen LogP contribution is -2.33. The molecule has 1 aromatic heterocycles. The number of nitrogens with zero attached hydrogens (tertiary/aromatic N) is 2. The number of carbonyl (C=O) groups is 1. The Hall–Kier alpha value is -3.07. The molecule has 0 atom stereocenters. The Kier molecular flexibility index (Phi) is 4.28. The van der Waals surface area contributed by atoms with Crippen molar-refractivity contribution in [3.8, 4) is 22.9 Å². The molecule has 0 saturated carbocycles. The largest absolute Gasteiger partial charge is 0.505 e. The number of hydrogen-bond acceptors (Lipinski definition) is 7. The third-order valence-electron chi connectivity index (χ3n) is 2.87. The van der Waals surface area contributed by atoms with Gasteiger partial charge in [0.1, 0.15) is 17.2 Å². The third kappa shape index (κ3) is 2.69. The molecule has 0 fully saturated rings. The van der Waals surface area contributed by atoms with Crippen LogP contribution in [0.4, 0.5) is 0 Å². The van der Waals surface area contributed by atoms with Gasteiger partial charge in [-0.25, -0.2) is 5.84 Å². The minimum absolute atomic E-state index is 0.277. The molecule has 4 N–H and O–H groups in total. The zero-order chi connectivity index (χ0) is 16.3. The summed E-state index contributed by atoms with van der Waals surface area (Å²) in [6.45, 7) is 0.